The molecular formula is C11H12Cl2N2O. The summed E-state index contributed by atoms with van der Waals surface area (Å²) in [5.41, 5.74) is 0. The van der Waals surface area contributed by atoms with Crippen molar-refractivity contribution in [3.63, 3.8) is 0 Å². The molecule has 0 aliphatic carbocycles. The Balaban J connectivity index is 1.84. The van der Waals surface area contributed by atoms with Gasteiger partial charge in [-0.25, -0.2) is 0 Å². The summed E-state index contributed by atoms with van der Waals surface area (Å²) < 4.78 is 5.54. The smallest absolute Gasteiger partial charge is 0.122 e. The lowest BCUT2D eigenvalue weighted by Crippen LogP contribution is -2.20. The van der Waals surface area contributed by atoms with E-state index in [0.717, 1.165) is 25.3 Å². The number of rotatable bonds is 4. The number of aliphatic imine (C=N–C) groups is 1. The second-order valence-corrected chi connectivity index (χ2v) is 4.33. The van der Waals surface area contributed by atoms with Gasteiger partial charge in [0.1, 0.15) is 5.75 Å². The Morgan fingerprint density at radius 2 is 2.00 bits per heavy atom. The van der Waals surface area contributed by atoms with Crippen LogP contribution >= 0.6 is 23.2 Å². The molecule has 0 atom stereocenters. The van der Waals surface area contributed by atoms with Crippen LogP contribution in [-0.2, 0) is 0 Å². The highest BCUT2D eigenvalue weighted by molar-refractivity contribution is 6.34. The Bertz CT molecular complexity index is 387. The fourth-order valence-corrected chi connectivity index (χ4v) is 2.00. The molecule has 0 bridgehead atoms. The molecule has 1 aromatic rings. The van der Waals surface area contributed by atoms with Crippen molar-refractivity contribution in [2.45, 2.75) is 6.42 Å². The first-order valence-corrected chi connectivity index (χ1v) is 5.86. The quantitative estimate of drug-likeness (QED) is 0.902. The maximum absolute atomic E-state index is 5.86. The molecule has 0 unspecified atom stereocenters. The van der Waals surface area contributed by atoms with Crippen molar-refractivity contribution < 1.29 is 4.74 Å². The van der Waals surface area contributed by atoms with Gasteiger partial charge in [0.05, 0.1) is 19.0 Å². The molecule has 0 saturated heterocycles. The number of amidine groups is 1. The number of hydrogen-bond acceptors (Lipinski definition) is 3. The van der Waals surface area contributed by atoms with Crippen LogP contribution in [0.2, 0.25) is 10.0 Å². The molecule has 0 radical (unpaired) electrons. The molecule has 0 saturated carbocycles. The van der Waals surface area contributed by atoms with E-state index in [1.54, 1.807) is 18.2 Å². The average molecular weight is 259 g/mol. The van der Waals surface area contributed by atoms with Crippen molar-refractivity contribution in [2.75, 3.05) is 19.7 Å². The standard InChI is InChI=1S/C11H12Cl2N2O/c12-8-5-9(13)7-10(6-8)16-4-1-11-14-2-3-15-11/h5-7H,1-4H2,(H,14,15). The summed E-state index contributed by atoms with van der Waals surface area (Å²) in [6, 6.07) is 5.17. The van der Waals surface area contributed by atoms with Gasteiger partial charge in [0.2, 0.25) is 0 Å². The van der Waals surface area contributed by atoms with Crippen LogP contribution in [0.25, 0.3) is 0 Å². The lowest BCUT2D eigenvalue weighted by Gasteiger charge is -2.07. The summed E-state index contributed by atoms with van der Waals surface area (Å²) >= 11 is 11.7. The minimum atomic E-state index is 0.572. The summed E-state index contributed by atoms with van der Waals surface area (Å²) in [7, 11) is 0. The van der Waals surface area contributed by atoms with E-state index in [2.05, 4.69) is 10.3 Å². The van der Waals surface area contributed by atoms with Crippen molar-refractivity contribution in [1.82, 2.24) is 5.32 Å². The van der Waals surface area contributed by atoms with Crippen LogP contribution in [0, 0.1) is 0 Å². The molecule has 0 spiro atoms. The maximum atomic E-state index is 5.86. The number of hydrogen-bond donors (Lipinski definition) is 1. The lowest BCUT2D eigenvalue weighted by atomic mass is 10.3. The minimum Gasteiger partial charge on any atom is -0.493 e. The SMILES string of the molecule is Clc1cc(Cl)cc(OCCC2=NCCN2)c1. The Morgan fingerprint density at radius 3 is 2.62 bits per heavy atom. The van der Waals surface area contributed by atoms with Gasteiger partial charge in [0, 0.05) is 23.0 Å². The first kappa shape index (κ1) is 11.6. The third kappa shape index (κ3) is 3.29. The van der Waals surface area contributed by atoms with Gasteiger partial charge < -0.3 is 10.1 Å². The van der Waals surface area contributed by atoms with Crippen molar-refractivity contribution in [1.29, 1.82) is 0 Å². The molecular weight excluding hydrogens is 247 g/mol. The van der Waals surface area contributed by atoms with E-state index < -0.39 is 0 Å². The molecule has 0 fully saturated rings. The number of ether oxygens (including phenoxy) is 1. The van der Waals surface area contributed by atoms with Gasteiger partial charge in [-0.2, -0.15) is 0 Å². The van der Waals surface area contributed by atoms with Gasteiger partial charge in [-0.15, -0.1) is 0 Å². The summed E-state index contributed by atoms with van der Waals surface area (Å²) in [5, 5.41) is 4.35. The molecule has 3 nitrogen and oxygen atoms in total. The first-order valence-electron chi connectivity index (χ1n) is 5.10. The molecule has 1 aliphatic heterocycles. The number of benzene rings is 1. The molecule has 1 aromatic carbocycles. The van der Waals surface area contributed by atoms with Gasteiger partial charge in [-0.3, -0.25) is 4.99 Å². The number of nitrogens with zero attached hydrogens (tertiary/aromatic N) is 1. The fourth-order valence-electron chi connectivity index (χ4n) is 1.49. The van der Waals surface area contributed by atoms with Crippen molar-refractivity contribution in [3.8, 4) is 5.75 Å². The van der Waals surface area contributed by atoms with Crippen LogP contribution in [0.5, 0.6) is 5.75 Å². The predicted molar refractivity (Wildman–Crippen MR) is 66.9 cm³/mol. The van der Waals surface area contributed by atoms with Gasteiger partial charge >= 0.3 is 0 Å². The van der Waals surface area contributed by atoms with Gasteiger partial charge in [-0.05, 0) is 18.2 Å². The number of nitrogens with one attached hydrogen (secondary N) is 1. The molecule has 1 N–H and O–H groups in total. The molecule has 2 rings (SSSR count). The van der Waals surface area contributed by atoms with Crippen molar-refractivity contribution in [3.05, 3.63) is 28.2 Å². The zero-order chi connectivity index (χ0) is 11.4. The number of halogens is 2. The second-order valence-electron chi connectivity index (χ2n) is 3.46. The first-order chi connectivity index (χ1) is 7.74. The van der Waals surface area contributed by atoms with Gasteiger partial charge in [-0.1, -0.05) is 23.2 Å². The van der Waals surface area contributed by atoms with Crippen molar-refractivity contribution >= 4 is 29.0 Å². The normalized spacial score (nSPS) is 14.5. The van der Waals surface area contributed by atoms with E-state index in [1.165, 1.54) is 0 Å². The molecule has 1 aliphatic rings. The summed E-state index contributed by atoms with van der Waals surface area (Å²) in [6.07, 6.45) is 0.782. The van der Waals surface area contributed by atoms with E-state index >= 15 is 0 Å². The highest BCUT2D eigenvalue weighted by atomic mass is 35.5. The molecule has 5 heteroatoms. The van der Waals surface area contributed by atoms with E-state index in [0.29, 0.717) is 22.4 Å². The van der Waals surface area contributed by atoms with E-state index in [4.69, 9.17) is 27.9 Å². The third-order valence-corrected chi connectivity index (χ3v) is 2.62. The second kappa shape index (κ2) is 5.41. The zero-order valence-electron chi connectivity index (χ0n) is 8.67. The fraction of sp³-hybridized carbons (Fsp3) is 0.364. The Morgan fingerprint density at radius 1 is 1.25 bits per heavy atom. The Kier molecular flexibility index (Phi) is 3.91. The topological polar surface area (TPSA) is 33.6 Å². The van der Waals surface area contributed by atoms with Crippen molar-refractivity contribution in [2.24, 2.45) is 4.99 Å². The summed E-state index contributed by atoms with van der Waals surface area (Å²) in [6.45, 7) is 2.36. The average Bonchev–Trinajstić information content (AvgIpc) is 2.69. The van der Waals surface area contributed by atoms with Crippen LogP contribution in [0.3, 0.4) is 0 Å². The summed E-state index contributed by atoms with van der Waals surface area (Å²) in [5.74, 6) is 1.70. The summed E-state index contributed by atoms with van der Waals surface area (Å²) in [4.78, 5) is 4.28. The van der Waals surface area contributed by atoms with E-state index in [-0.39, 0.29) is 0 Å². The van der Waals surface area contributed by atoms with Crippen LogP contribution in [0.15, 0.2) is 23.2 Å². The highest BCUT2D eigenvalue weighted by Gasteiger charge is 2.05. The van der Waals surface area contributed by atoms with Crippen LogP contribution in [0.4, 0.5) is 0 Å². The molecule has 86 valence electrons. The highest BCUT2D eigenvalue weighted by Crippen LogP contribution is 2.24. The lowest BCUT2D eigenvalue weighted by molar-refractivity contribution is 0.328. The van der Waals surface area contributed by atoms with E-state index in [9.17, 15) is 0 Å². The third-order valence-electron chi connectivity index (χ3n) is 2.19. The van der Waals surface area contributed by atoms with Crippen LogP contribution in [-0.4, -0.2) is 25.5 Å². The van der Waals surface area contributed by atoms with Crippen LogP contribution in [0.1, 0.15) is 6.42 Å². The maximum Gasteiger partial charge on any atom is 0.122 e. The largest absolute Gasteiger partial charge is 0.493 e. The molecule has 0 amide bonds. The monoisotopic (exact) mass is 258 g/mol. The van der Waals surface area contributed by atoms with Gasteiger partial charge in [0.25, 0.3) is 0 Å². The van der Waals surface area contributed by atoms with Gasteiger partial charge in [0.15, 0.2) is 0 Å². The van der Waals surface area contributed by atoms with E-state index in [1.807, 2.05) is 0 Å². The van der Waals surface area contributed by atoms with Crippen LogP contribution < -0.4 is 10.1 Å². The Labute approximate surface area is 104 Å². The molecule has 16 heavy (non-hydrogen) atoms. The molecule has 0 aromatic heterocycles. The Hall–Kier alpha value is -0.930. The predicted octanol–water partition coefficient (Wildman–Crippen LogP) is 2.76. The molecule has 1 heterocycles. The zero-order valence-corrected chi connectivity index (χ0v) is 10.2. The minimum absolute atomic E-state index is 0.572.